The molecule has 0 atom stereocenters. The van der Waals surface area contributed by atoms with Crippen molar-refractivity contribution in [3.8, 4) is 11.1 Å². The summed E-state index contributed by atoms with van der Waals surface area (Å²) in [7, 11) is 0. The van der Waals surface area contributed by atoms with E-state index in [1.165, 1.54) is 23.7 Å². The van der Waals surface area contributed by atoms with E-state index in [-0.39, 0.29) is 17.5 Å². The van der Waals surface area contributed by atoms with Gasteiger partial charge in [-0.2, -0.15) is 0 Å². The molecule has 2 heterocycles. The normalized spacial score (nSPS) is 10.4. The summed E-state index contributed by atoms with van der Waals surface area (Å²) < 4.78 is 11.2. The Bertz CT molecular complexity index is 998. The quantitative estimate of drug-likeness (QED) is 0.393. The van der Waals surface area contributed by atoms with Crippen LogP contribution in [-0.4, -0.2) is 23.6 Å². The summed E-state index contributed by atoms with van der Waals surface area (Å²) in [5.41, 5.74) is 1.95. The van der Waals surface area contributed by atoms with Crippen LogP contribution in [-0.2, 0) is 4.74 Å². The summed E-state index contributed by atoms with van der Waals surface area (Å²) in [4.78, 5) is 24.6. The Hall–Kier alpha value is -2.49. The van der Waals surface area contributed by atoms with Gasteiger partial charge in [0.1, 0.15) is 10.6 Å². The van der Waals surface area contributed by atoms with Crippen LogP contribution >= 0.6 is 39.5 Å². The summed E-state index contributed by atoms with van der Waals surface area (Å²) in [6, 6.07) is 10.7. The molecule has 0 saturated heterocycles. The minimum atomic E-state index is -0.482. The molecule has 144 valence electrons. The number of carbonyl (C=O) groups is 2. The number of amides is 1. The summed E-state index contributed by atoms with van der Waals surface area (Å²) in [5.74, 6) is -0.814. The first kappa shape index (κ1) is 20.2. The van der Waals surface area contributed by atoms with Gasteiger partial charge in [0.2, 0.25) is 0 Å². The van der Waals surface area contributed by atoms with E-state index in [1.807, 2.05) is 29.6 Å². The number of hydrogen-bond acceptors (Lipinski definition) is 6. The highest BCUT2D eigenvalue weighted by molar-refractivity contribution is 9.10. The van der Waals surface area contributed by atoms with Crippen molar-refractivity contribution in [2.45, 2.75) is 6.92 Å². The monoisotopic (exact) mass is 478 g/mol. The second-order valence-electron chi connectivity index (χ2n) is 5.47. The van der Waals surface area contributed by atoms with Gasteiger partial charge in [-0.25, -0.2) is 4.79 Å². The SMILES string of the molecule is CCOC(=O)c1c(-c2ccc(Br)cc2)csc1NC(=S)NC(=O)c1ccco1. The lowest BCUT2D eigenvalue weighted by Crippen LogP contribution is -2.34. The van der Waals surface area contributed by atoms with Crippen LogP contribution in [0.15, 0.2) is 56.9 Å². The highest BCUT2D eigenvalue weighted by Gasteiger charge is 2.22. The summed E-state index contributed by atoms with van der Waals surface area (Å²) in [6.07, 6.45) is 1.40. The van der Waals surface area contributed by atoms with E-state index < -0.39 is 11.9 Å². The molecule has 28 heavy (non-hydrogen) atoms. The number of ether oxygens (including phenoxy) is 1. The topological polar surface area (TPSA) is 80.6 Å². The molecule has 0 bridgehead atoms. The Morgan fingerprint density at radius 1 is 1.25 bits per heavy atom. The number of esters is 1. The van der Waals surface area contributed by atoms with Gasteiger partial charge in [-0.05, 0) is 49.0 Å². The van der Waals surface area contributed by atoms with Crippen molar-refractivity contribution in [1.29, 1.82) is 0 Å². The van der Waals surface area contributed by atoms with Crippen molar-refractivity contribution in [3.63, 3.8) is 0 Å². The number of furan rings is 1. The number of thiocarbonyl (C=S) groups is 1. The first-order valence-corrected chi connectivity index (χ1v) is 10.3. The molecule has 6 nitrogen and oxygen atoms in total. The minimum absolute atomic E-state index is 0.0520. The third kappa shape index (κ3) is 4.67. The Morgan fingerprint density at radius 3 is 2.64 bits per heavy atom. The molecule has 0 aliphatic carbocycles. The van der Waals surface area contributed by atoms with E-state index in [0.29, 0.717) is 10.6 Å². The van der Waals surface area contributed by atoms with E-state index in [1.54, 1.807) is 13.0 Å². The maximum Gasteiger partial charge on any atom is 0.341 e. The summed E-state index contributed by atoms with van der Waals surface area (Å²) in [6.45, 7) is 1.98. The van der Waals surface area contributed by atoms with Crippen molar-refractivity contribution in [2.75, 3.05) is 11.9 Å². The van der Waals surface area contributed by atoms with Crippen LogP contribution in [0.25, 0.3) is 11.1 Å². The van der Waals surface area contributed by atoms with Crippen molar-refractivity contribution in [2.24, 2.45) is 0 Å². The average Bonchev–Trinajstić information content (AvgIpc) is 3.32. The number of hydrogen-bond donors (Lipinski definition) is 2. The zero-order valence-corrected chi connectivity index (χ0v) is 17.9. The maximum absolute atomic E-state index is 12.6. The Kier molecular flexibility index (Phi) is 6.61. The number of nitrogens with one attached hydrogen (secondary N) is 2. The van der Waals surface area contributed by atoms with Crippen molar-refractivity contribution in [3.05, 3.63) is 63.8 Å². The van der Waals surface area contributed by atoms with Gasteiger partial charge in [-0.15, -0.1) is 11.3 Å². The number of halogens is 1. The molecule has 0 aliphatic heterocycles. The number of benzene rings is 1. The molecule has 2 aromatic heterocycles. The molecule has 1 aromatic carbocycles. The highest BCUT2D eigenvalue weighted by atomic mass is 79.9. The number of thiophene rings is 1. The number of anilines is 1. The van der Waals surface area contributed by atoms with Gasteiger partial charge in [0.15, 0.2) is 10.9 Å². The van der Waals surface area contributed by atoms with Gasteiger partial charge in [0, 0.05) is 15.4 Å². The van der Waals surface area contributed by atoms with E-state index in [2.05, 4.69) is 26.6 Å². The van der Waals surface area contributed by atoms with Crippen molar-refractivity contribution < 1.29 is 18.7 Å². The van der Waals surface area contributed by atoms with Crippen LogP contribution in [0.3, 0.4) is 0 Å². The lowest BCUT2D eigenvalue weighted by Gasteiger charge is -2.10. The van der Waals surface area contributed by atoms with Gasteiger partial charge in [-0.3, -0.25) is 10.1 Å². The van der Waals surface area contributed by atoms with Gasteiger partial charge in [0.05, 0.1) is 12.9 Å². The smallest absolute Gasteiger partial charge is 0.341 e. The van der Waals surface area contributed by atoms with E-state index in [4.69, 9.17) is 21.4 Å². The lowest BCUT2D eigenvalue weighted by atomic mass is 10.0. The molecule has 3 aromatic rings. The van der Waals surface area contributed by atoms with Gasteiger partial charge >= 0.3 is 5.97 Å². The largest absolute Gasteiger partial charge is 0.462 e. The average molecular weight is 479 g/mol. The zero-order chi connectivity index (χ0) is 20.1. The predicted molar refractivity (Wildman–Crippen MR) is 116 cm³/mol. The van der Waals surface area contributed by atoms with Crippen LogP contribution in [0.1, 0.15) is 27.8 Å². The van der Waals surface area contributed by atoms with E-state index >= 15 is 0 Å². The molecule has 0 fully saturated rings. The fourth-order valence-electron chi connectivity index (χ4n) is 2.40. The molecule has 0 saturated carbocycles. The van der Waals surface area contributed by atoms with Crippen molar-refractivity contribution in [1.82, 2.24) is 5.32 Å². The Balaban J connectivity index is 1.85. The first-order valence-electron chi connectivity index (χ1n) is 8.20. The Labute approximate surface area is 179 Å². The molecule has 1 amide bonds. The maximum atomic E-state index is 12.6. The van der Waals surface area contributed by atoms with Crippen LogP contribution in [0.2, 0.25) is 0 Å². The molecule has 0 unspecified atom stereocenters. The second kappa shape index (κ2) is 9.13. The molecule has 3 rings (SSSR count). The number of carbonyl (C=O) groups excluding carboxylic acids is 2. The fourth-order valence-corrected chi connectivity index (χ4v) is 3.89. The van der Waals surface area contributed by atoms with Gasteiger partial charge in [-0.1, -0.05) is 28.1 Å². The molecular formula is C19H15BrN2O4S2. The fraction of sp³-hybridized carbons (Fsp3) is 0.105. The van der Waals surface area contributed by atoms with Crippen molar-refractivity contribution >= 4 is 61.5 Å². The van der Waals surface area contributed by atoms with E-state index in [9.17, 15) is 9.59 Å². The Morgan fingerprint density at radius 2 is 2.00 bits per heavy atom. The molecule has 0 spiro atoms. The van der Waals surface area contributed by atoms with Crippen LogP contribution in [0, 0.1) is 0 Å². The minimum Gasteiger partial charge on any atom is -0.462 e. The molecule has 0 aliphatic rings. The third-order valence-corrected chi connectivity index (χ3v) is 5.25. The molecule has 9 heteroatoms. The molecule has 2 N–H and O–H groups in total. The van der Waals surface area contributed by atoms with Gasteiger partial charge in [0.25, 0.3) is 5.91 Å². The summed E-state index contributed by atoms with van der Waals surface area (Å²) in [5, 5.41) is 7.81. The highest BCUT2D eigenvalue weighted by Crippen LogP contribution is 2.36. The zero-order valence-electron chi connectivity index (χ0n) is 14.7. The molecule has 0 radical (unpaired) electrons. The van der Waals surface area contributed by atoms with E-state index in [0.717, 1.165) is 15.6 Å². The van der Waals surface area contributed by atoms with Crippen LogP contribution in [0.4, 0.5) is 5.00 Å². The second-order valence-corrected chi connectivity index (χ2v) is 7.67. The predicted octanol–water partition coefficient (Wildman–Crippen LogP) is 5.07. The van der Waals surface area contributed by atoms with Crippen LogP contribution in [0.5, 0.6) is 0 Å². The van der Waals surface area contributed by atoms with Gasteiger partial charge < -0.3 is 14.5 Å². The third-order valence-electron chi connectivity index (χ3n) is 3.62. The van der Waals surface area contributed by atoms with Crippen LogP contribution < -0.4 is 10.6 Å². The summed E-state index contributed by atoms with van der Waals surface area (Å²) >= 11 is 9.90. The molecular weight excluding hydrogens is 464 g/mol. The first-order chi connectivity index (χ1) is 13.5. The number of rotatable bonds is 5. The standard InChI is InChI=1S/C19H15BrN2O4S2/c1-2-25-18(24)15-13(11-5-7-12(20)8-6-11)10-28-17(15)22-19(27)21-16(23)14-4-3-9-26-14/h3-10H,2H2,1H3,(H2,21,22,23,27). The lowest BCUT2D eigenvalue weighted by molar-refractivity contribution is 0.0529.